The van der Waals surface area contributed by atoms with Crippen molar-refractivity contribution in [2.75, 3.05) is 18.9 Å². The van der Waals surface area contributed by atoms with Gasteiger partial charge in [0.15, 0.2) is 11.6 Å². The predicted octanol–water partition coefficient (Wildman–Crippen LogP) is 3.21. The Labute approximate surface area is 207 Å². The van der Waals surface area contributed by atoms with Gasteiger partial charge in [0.1, 0.15) is 23.0 Å². The predicted molar refractivity (Wildman–Crippen MR) is 130 cm³/mol. The number of halogens is 1. The Morgan fingerprint density at radius 2 is 1.64 bits per heavy atom. The number of anilines is 1. The Kier molecular flexibility index (Phi) is 7.10. The highest BCUT2D eigenvalue weighted by Gasteiger charge is 2.32. The minimum atomic E-state index is -4.05. The van der Waals surface area contributed by atoms with Gasteiger partial charge in [0.05, 0.1) is 31.9 Å². The van der Waals surface area contributed by atoms with Gasteiger partial charge >= 0.3 is 0 Å². The molecule has 0 aliphatic carbocycles. The molecule has 0 bridgehead atoms. The van der Waals surface area contributed by atoms with Gasteiger partial charge in [-0.05, 0) is 31.2 Å². The lowest BCUT2D eigenvalue weighted by molar-refractivity contribution is 0.391. The summed E-state index contributed by atoms with van der Waals surface area (Å²) in [5, 5.41) is 7.37. The van der Waals surface area contributed by atoms with Crippen LogP contribution in [-0.4, -0.2) is 57.6 Å². The molecule has 13 heteroatoms. The third-order valence-corrected chi connectivity index (χ3v) is 7.54. The van der Waals surface area contributed by atoms with E-state index in [0.29, 0.717) is 28.6 Å². The maximum absolute atomic E-state index is 13.4. The van der Waals surface area contributed by atoms with Crippen LogP contribution >= 0.6 is 0 Å². The molecule has 11 nitrogen and oxygen atoms in total. The van der Waals surface area contributed by atoms with E-state index in [-0.39, 0.29) is 11.8 Å². The normalized spacial score (nSPS) is 13.1. The van der Waals surface area contributed by atoms with Crippen LogP contribution < -0.4 is 14.2 Å². The Morgan fingerprint density at radius 1 is 0.972 bits per heavy atom. The Balaban J connectivity index is 1.81. The number of nitrogens with one attached hydrogen (secondary N) is 1. The molecule has 0 unspecified atom stereocenters. The first-order chi connectivity index (χ1) is 17.3. The van der Waals surface area contributed by atoms with Crippen molar-refractivity contribution in [1.29, 1.82) is 0 Å². The third kappa shape index (κ3) is 4.82. The second kappa shape index (κ2) is 10.2. The van der Waals surface area contributed by atoms with Crippen molar-refractivity contribution in [3.63, 3.8) is 0 Å². The van der Waals surface area contributed by atoms with Crippen LogP contribution in [0.1, 0.15) is 25.6 Å². The summed E-state index contributed by atoms with van der Waals surface area (Å²) in [6.45, 7) is 3.15. The fraction of sp³-hybridized carbons (Fsp3) is 0.261. The van der Waals surface area contributed by atoms with Crippen LogP contribution in [0.25, 0.3) is 17.1 Å². The topological polar surface area (TPSA) is 134 Å². The number of hydrogen-bond donors (Lipinski definition) is 1. The molecule has 4 rings (SSSR count). The Hall–Kier alpha value is -4.13. The van der Waals surface area contributed by atoms with Crippen molar-refractivity contribution in [2.45, 2.75) is 25.0 Å². The van der Waals surface area contributed by atoms with Crippen molar-refractivity contribution >= 4 is 16.0 Å². The van der Waals surface area contributed by atoms with Crippen molar-refractivity contribution in [2.24, 2.45) is 0 Å². The molecule has 188 valence electrons. The zero-order chi connectivity index (χ0) is 25.9. The SMILES string of the molecule is COc1cccc(OC)c1-n1c(NS(=O)(=O)[C@@H](C)[C@H](C)c2ncc(F)cn2)nnc1-c1cccnc1. The van der Waals surface area contributed by atoms with Crippen LogP contribution in [0.4, 0.5) is 10.3 Å². The fourth-order valence-corrected chi connectivity index (χ4v) is 4.78. The van der Waals surface area contributed by atoms with E-state index in [2.05, 4.69) is 29.9 Å². The lowest BCUT2D eigenvalue weighted by Crippen LogP contribution is -2.31. The van der Waals surface area contributed by atoms with Gasteiger partial charge in [-0.2, -0.15) is 0 Å². The number of nitrogens with zero attached hydrogens (tertiary/aromatic N) is 6. The lowest BCUT2D eigenvalue weighted by atomic mass is 10.1. The highest BCUT2D eigenvalue weighted by molar-refractivity contribution is 7.93. The number of aromatic nitrogens is 6. The van der Waals surface area contributed by atoms with Gasteiger partial charge in [0.2, 0.25) is 16.0 Å². The van der Waals surface area contributed by atoms with E-state index in [1.54, 1.807) is 49.6 Å². The van der Waals surface area contributed by atoms with Crippen LogP contribution in [0, 0.1) is 5.82 Å². The van der Waals surface area contributed by atoms with E-state index in [9.17, 15) is 12.8 Å². The minimum Gasteiger partial charge on any atom is -0.494 e. The fourth-order valence-electron chi connectivity index (χ4n) is 3.55. The van der Waals surface area contributed by atoms with Gasteiger partial charge in [-0.15, -0.1) is 10.2 Å². The van der Waals surface area contributed by atoms with Crippen LogP contribution in [-0.2, 0) is 10.0 Å². The number of ether oxygens (including phenoxy) is 2. The molecule has 1 aromatic carbocycles. The van der Waals surface area contributed by atoms with E-state index in [1.165, 1.54) is 25.7 Å². The van der Waals surface area contributed by atoms with Crippen molar-refractivity contribution in [3.05, 3.63) is 66.8 Å². The number of benzene rings is 1. The molecule has 3 aromatic heterocycles. The smallest absolute Gasteiger partial charge is 0.243 e. The van der Waals surface area contributed by atoms with Crippen molar-refractivity contribution < 1.29 is 22.3 Å². The van der Waals surface area contributed by atoms with E-state index >= 15 is 0 Å². The van der Waals surface area contributed by atoms with Crippen molar-refractivity contribution in [1.82, 2.24) is 29.7 Å². The molecule has 2 atom stereocenters. The molecular formula is C23H24FN7O4S. The van der Waals surface area contributed by atoms with Crippen LogP contribution in [0.15, 0.2) is 55.1 Å². The first kappa shape index (κ1) is 25.0. The average Bonchev–Trinajstić information content (AvgIpc) is 3.30. The first-order valence-corrected chi connectivity index (χ1v) is 12.4. The van der Waals surface area contributed by atoms with Gasteiger partial charge < -0.3 is 9.47 Å². The van der Waals surface area contributed by atoms with Gasteiger partial charge in [-0.3, -0.25) is 14.3 Å². The van der Waals surface area contributed by atoms with E-state index in [4.69, 9.17) is 9.47 Å². The highest BCUT2D eigenvalue weighted by atomic mass is 32.2. The number of rotatable bonds is 9. The Morgan fingerprint density at radius 3 is 2.22 bits per heavy atom. The molecule has 0 amide bonds. The quantitative estimate of drug-likeness (QED) is 0.358. The van der Waals surface area contributed by atoms with E-state index in [1.807, 2.05) is 0 Å². The van der Waals surface area contributed by atoms with E-state index < -0.39 is 27.0 Å². The molecule has 36 heavy (non-hydrogen) atoms. The van der Waals surface area contributed by atoms with Gasteiger partial charge in [-0.25, -0.2) is 22.8 Å². The third-order valence-electron chi connectivity index (χ3n) is 5.68. The standard InChI is InChI=1S/C23H24FN7O4S/c1-14(21-26-12-17(24)13-27-21)15(2)36(32,33)30-23-29-28-22(16-7-6-10-25-11-16)31(23)20-18(34-3)8-5-9-19(20)35-4/h5-15H,1-4H3,(H,29,30)/t14-,15-/m0/s1. The maximum Gasteiger partial charge on any atom is 0.243 e. The largest absolute Gasteiger partial charge is 0.494 e. The number of hydrogen-bond acceptors (Lipinski definition) is 9. The van der Waals surface area contributed by atoms with Gasteiger partial charge in [0.25, 0.3) is 0 Å². The maximum atomic E-state index is 13.4. The Bertz CT molecular complexity index is 1430. The summed E-state index contributed by atoms with van der Waals surface area (Å²) in [4.78, 5) is 12.0. The summed E-state index contributed by atoms with van der Waals surface area (Å²) in [5.41, 5.74) is 0.983. The lowest BCUT2D eigenvalue weighted by Gasteiger charge is -2.21. The summed E-state index contributed by atoms with van der Waals surface area (Å²) >= 11 is 0. The summed E-state index contributed by atoms with van der Waals surface area (Å²) in [6, 6.07) is 8.65. The summed E-state index contributed by atoms with van der Waals surface area (Å²) in [7, 11) is -1.08. The average molecular weight is 514 g/mol. The molecule has 0 fully saturated rings. The second-order valence-corrected chi connectivity index (χ2v) is 9.87. The monoisotopic (exact) mass is 513 g/mol. The number of methoxy groups -OCH3 is 2. The van der Waals surface area contributed by atoms with Gasteiger partial charge in [0, 0.05) is 23.9 Å². The zero-order valence-electron chi connectivity index (χ0n) is 20.0. The molecule has 0 radical (unpaired) electrons. The van der Waals surface area contributed by atoms with E-state index in [0.717, 1.165) is 12.4 Å². The molecule has 0 saturated heterocycles. The number of sulfonamides is 1. The zero-order valence-corrected chi connectivity index (χ0v) is 20.8. The van der Waals surface area contributed by atoms with Crippen LogP contribution in [0.3, 0.4) is 0 Å². The molecule has 1 N–H and O–H groups in total. The first-order valence-electron chi connectivity index (χ1n) is 10.8. The molecule has 0 saturated carbocycles. The molecule has 0 spiro atoms. The molecule has 4 aromatic rings. The van der Waals surface area contributed by atoms with Crippen molar-refractivity contribution in [3.8, 4) is 28.6 Å². The summed E-state index contributed by atoms with van der Waals surface area (Å²) in [6.07, 6.45) is 5.18. The van der Waals surface area contributed by atoms with Crippen LogP contribution in [0.2, 0.25) is 0 Å². The highest BCUT2D eigenvalue weighted by Crippen LogP contribution is 2.38. The van der Waals surface area contributed by atoms with Crippen LogP contribution in [0.5, 0.6) is 11.5 Å². The summed E-state index contributed by atoms with van der Waals surface area (Å²) in [5.74, 6) is -0.0405. The number of pyridine rings is 1. The molecule has 3 heterocycles. The second-order valence-electron chi connectivity index (χ2n) is 7.84. The van der Waals surface area contributed by atoms with Gasteiger partial charge in [-0.1, -0.05) is 13.0 Å². The summed E-state index contributed by atoms with van der Waals surface area (Å²) < 4.78 is 55.2. The number of para-hydroxylation sites is 1. The molecular weight excluding hydrogens is 489 g/mol. The molecule has 0 aliphatic rings. The molecule has 0 aliphatic heterocycles. The minimum absolute atomic E-state index is 0.0873.